The first kappa shape index (κ1) is 16.6. The highest BCUT2D eigenvalue weighted by molar-refractivity contribution is 7.89. The molecule has 0 N–H and O–H groups in total. The van der Waals surface area contributed by atoms with Gasteiger partial charge in [0.1, 0.15) is 0 Å². The number of hydrogen-bond donors (Lipinski definition) is 0. The number of hydrogen-bond acceptors (Lipinski definition) is 4. The summed E-state index contributed by atoms with van der Waals surface area (Å²) in [6.45, 7) is 5.70. The van der Waals surface area contributed by atoms with Crippen LogP contribution >= 0.6 is 11.3 Å². The van der Waals surface area contributed by atoms with Crippen LogP contribution in [0.15, 0.2) is 46.7 Å². The Labute approximate surface area is 142 Å². The molecule has 2 heterocycles. The van der Waals surface area contributed by atoms with E-state index < -0.39 is 10.0 Å². The molecule has 124 valence electrons. The van der Waals surface area contributed by atoms with E-state index in [1.54, 1.807) is 27.8 Å². The number of benzene rings is 1. The minimum atomic E-state index is -3.35. The van der Waals surface area contributed by atoms with Crippen molar-refractivity contribution in [2.24, 2.45) is 0 Å². The van der Waals surface area contributed by atoms with Gasteiger partial charge in [0, 0.05) is 37.6 Å². The molecular formula is C17H22N2O2S2. The highest BCUT2D eigenvalue weighted by Gasteiger charge is 2.28. The first-order chi connectivity index (χ1) is 11.1. The van der Waals surface area contributed by atoms with Gasteiger partial charge in [-0.3, -0.25) is 0 Å². The Morgan fingerprint density at radius 3 is 2.35 bits per heavy atom. The highest BCUT2D eigenvalue weighted by Crippen LogP contribution is 2.18. The predicted octanol–water partition coefficient (Wildman–Crippen LogP) is 2.61. The number of piperazine rings is 1. The van der Waals surface area contributed by atoms with Gasteiger partial charge in [0.25, 0.3) is 0 Å². The quantitative estimate of drug-likeness (QED) is 0.832. The second-order valence-electron chi connectivity index (χ2n) is 5.89. The van der Waals surface area contributed by atoms with E-state index in [1.807, 2.05) is 19.1 Å². The Kier molecular flexibility index (Phi) is 5.16. The van der Waals surface area contributed by atoms with Crippen molar-refractivity contribution in [2.45, 2.75) is 18.2 Å². The molecule has 0 saturated carbocycles. The lowest BCUT2D eigenvalue weighted by Crippen LogP contribution is -2.48. The number of thiophene rings is 1. The monoisotopic (exact) mass is 350 g/mol. The van der Waals surface area contributed by atoms with Gasteiger partial charge in [-0.2, -0.15) is 4.31 Å². The maximum absolute atomic E-state index is 12.7. The summed E-state index contributed by atoms with van der Waals surface area (Å²) in [5, 5.41) is 2.10. The van der Waals surface area contributed by atoms with Crippen LogP contribution in [-0.2, 0) is 16.4 Å². The molecule has 0 spiro atoms. The normalized spacial score (nSPS) is 17.4. The van der Waals surface area contributed by atoms with Gasteiger partial charge in [0.05, 0.1) is 4.90 Å². The second kappa shape index (κ2) is 7.13. The van der Waals surface area contributed by atoms with Crippen LogP contribution in [0.2, 0.25) is 0 Å². The van der Waals surface area contributed by atoms with Crippen LogP contribution in [0.3, 0.4) is 0 Å². The van der Waals surface area contributed by atoms with E-state index in [1.165, 1.54) is 4.88 Å². The summed E-state index contributed by atoms with van der Waals surface area (Å²) in [6, 6.07) is 11.3. The third-order valence-corrected chi connectivity index (χ3v) is 7.09. The fourth-order valence-electron chi connectivity index (χ4n) is 2.78. The zero-order valence-electron chi connectivity index (χ0n) is 13.3. The Morgan fingerprint density at radius 2 is 1.74 bits per heavy atom. The molecule has 2 aromatic rings. The number of rotatable bonds is 5. The Bertz CT molecular complexity index is 716. The van der Waals surface area contributed by atoms with Gasteiger partial charge in [-0.1, -0.05) is 23.8 Å². The van der Waals surface area contributed by atoms with Crippen molar-refractivity contribution >= 4 is 21.4 Å². The Hall–Kier alpha value is -1.21. The second-order valence-corrected chi connectivity index (χ2v) is 8.86. The minimum absolute atomic E-state index is 0.398. The number of nitrogens with zero attached hydrogens (tertiary/aromatic N) is 2. The van der Waals surface area contributed by atoms with E-state index in [9.17, 15) is 8.42 Å². The van der Waals surface area contributed by atoms with Gasteiger partial charge in [-0.15, -0.1) is 11.3 Å². The molecule has 1 saturated heterocycles. The largest absolute Gasteiger partial charge is 0.300 e. The van der Waals surface area contributed by atoms with Crippen molar-refractivity contribution in [3.63, 3.8) is 0 Å². The van der Waals surface area contributed by atoms with Crippen LogP contribution in [0.1, 0.15) is 10.4 Å². The van der Waals surface area contributed by atoms with E-state index in [4.69, 9.17) is 0 Å². The summed E-state index contributed by atoms with van der Waals surface area (Å²) < 4.78 is 26.9. The maximum Gasteiger partial charge on any atom is 0.243 e. The molecule has 0 amide bonds. The van der Waals surface area contributed by atoms with Crippen LogP contribution in [0.5, 0.6) is 0 Å². The van der Waals surface area contributed by atoms with Crippen LogP contribution in [-0.4, -0.2) is 50.3 Å². The predicted molar refractivity (Wildman–Crippen MR) is 94.4 cm³/mol. The zero-order valence-corrected chi connectivity index (χ0v) is 14.9. The fraction of sp³-hybridized carbons (Fsp3) is 0.412. The summed E-state index contributed by atoms with van der Waals surface area (Å²) in [5.74, 6) is 0. The van der Waals surface area contributed by atoms with E-state index in [2.05, 4.69) is 22.4 Å². The Morgan fingerprint density at radius 1 is 1.04 bits per heavy atom. The molecule has 1 aromatic carbocycles. The molecule has 0 atom stereocenters. The molecule has 0 unspecified atom stereocenters. The van der Waals surface area contributed by atoms with Crippen molar-refractivity contribution in [3.05, 3.63) is 52.2 Å². The summed E-state index contributed by atoms with van der Waals surface area (Å²) in [7, 11) is -3.35. The van der Waals surface area contributed by atoms with Gasteiger partial charge in [0.15, 0.2) is 0 Å². The zero-order chi connectivity index (χ0) is 16.3. The van der Waals surface area contributed by atoms with E-state index in [0.717, 1.165) is 31.6 Å². The van der Waals surface area contributed by atoms with Crippen molar-refractivity contribution in [1.82, 2.24) is 9.21 Å². The summed E-state index contributed by atoms with van der Waals surface area (Å²) in [5.41, 5.74) is 1.07. The molecule has 4 nitrogen and oxygen atoms in total. The molecule has 0 radical (unpaired) electrons. The van der Waals surface area contributed by atoms with Crippen molar-refractivity contribution in [3.8, 4) is 0 Å². The molecule has 1 aliphatic rings. The van der Waals surface area contributed by atoms with Gasteiger partial charge >= 0.3 is 0 Å². The number of aryl methyl sites for hydroxylation is 1. The summed E-state index contributed by atoms with van der Waals surface area (Å²) in [6.07, 6.45) is 1.04. The minimum Gasteiger partial charge on any atom is -0.300 e. The van der Waals surface area contributed by atoms with Gasteiger partial charge in [0.2, 0.25) is 10.0 Å². The molecule has 0 aliphatic carbocycles. The molecule has 23 heavy (non-hydrogen) atoms. The topological polar surface area (TPSA) is 40.6 Å². The van der Waals surface area contributed by atoms with Crippen LogP contribution in [0.25, 0.3) is 0 Å². The fourth-order valence-corrected chi connectivity index (χ4v) is 4.90. The van der Waals surface area contributed by atoms with Gasteiger partial charge < -0.3 is 4.90 Å². The molecule has 1 fully saturated rings. The van der Waals surface area contributed by atoms with Crippen LogP contribution in [0.4, 0.5) is 0 Å². The highest BCUT2D eigenvalue weighted by atomic mass is 32.2. The van der Waals surface area contributed by atoms with Gasteiger partial charge in [-0.25, -0.2) is 8.42 Å². The molecular weight excluding hydrogens is 328 g/mol. The first-order valence-corrected chi connectivity index (χ1v) is 10.2. The van der Waals surface area contributed by atoms with E-state index >= 15 is 0 Å². The van der Waals surface area contributed by atoms with Crippen molar-refractivity contribution in [2.75, 3.05) is 32.7 Å². The molecule has 3 rings (SSSR count). The lowest BCUT2D eigenvalue weighted by molar-refractivity contribution is 0.190. The van der Waals surface area contributed by atoms with E-state index in [-0.39, 0.29) is 0 Å². The summed E-state index contributed by atoms with van der Waals surface area (Å²) >= 11 is 1.78. The Balaban J connectivity index is 1.56. The van der Waals surface area contributed by atoms with Crippen LogP contribution in [0, 0.1) is 6.92 Å². The number of sulfonamides is 1. The maximum atomic E-state index is 12.7. The lowest BCUT2D eigenvalue weighted by Gasteiger charge is -2.33. The van der Waals surface area contributed by atoms with Gasteiger partial charge in [-0.05, 0) is 36.9 Å². The average Bonchev–Trinajstić information content (AvgIpc) is 3.07. The molecule has 1 aromatic heterocycles. The van der Waals surface area contributed by atoms with Crippen molar-refractivity contribution < 1.29 is 8.42 Å². The summed E-state index contributed by atoms with van der Waals surface area (Å²) in [4.78, 5) is 4.13. The SMILES string of the molecule is Cc1ccc(S(=O)(=O)N2CCN(CCc3cccs3)CC2)cc1. The lowest BCUT2D eigenvalue weighted by atomic mass is 10.2. The van der Waals surface area contributed by atoms with E-state index in [0.29, 0.717) is 18.0 Å². The first-order valence-electron chi connectivity index (χ1n) is 7.87. The standard InChI is InChI=1S/C17H22N2O2S2/c1-15-4-6-17(7-5-15)23(20,21)19-12-10-18(11-13-19)9-8-16-3-2-14-22-16/h2-7,14H,8-13H2,1H3. The third-order valence-electron chi connectivity index (χ3n) is 4.24. The smallest absolute Gasteiger partial charge is 0.243 e. The molecule has 0 bridgehead atoms. The molecule has 1 aliphatic heterocycles. The third kappa shape index (κ3) is 4.01. The van der Waals surface area contributed by atoms with Crippen molar-refractivity contribution in [1.29, 1.82) is 0 Å². The molecule has 6 heteroatoms. The van der Waals surface area contributed by atoms with Crippen LogP contribution < -0.4 is 0 Å². The average molecular weight is 351 g/mol.